The number of terminal acetylenes is 1. The van der Waals surface area contributed by atoms with E-state index in [9.17, 15) is 0 Å². The number of anilines is 1. The summed E-state index contributed by atoms with van der Waals surface area (Å²) in [6.07, 6.45) is 16.4. The molecule has 2 heteroatoms. The molecular weight excluding hydrogens is 520 g/mol. The number of rotatable bonds is 3. The van der Waals surface area contributed by atoms with Crippen LogP contribution in [0.4, 0.5) is 11.4 Å². The van der Waals surface area contributed by atoms with Gasteiger partial charge in [0.1, 0.15) is 7.05 Å². The van der Waals surface area contributed by atoms with Crippen molar-refractivity contribution in [2.75, 3.05) is 19.0 Å². The topological polar surface area (TPSA) is 6.25 Å². The van der Waals surface area contributed by atoms with E-state index in [2.05, 4.69) is 154 Å². The molecule has 0 aliphatic carbocycles. The second-order valence-electron chi connectivity index (χ2n) is 12.4. The number of hydrogen-bond acceptors (Lipinski definition) is 1. The summed E-state index contributed by atoms with van der Waals surface area (Å²) in [5.41, 5.74) is 10.3. The summed E-state index contributed by atoms with van der Waals surface area (Å²) < 4.78 is 2.34. The molecule has 6 rings (SSSR count). The number of allylic oxidation sites excluding steroid dienone is 6. The Morgan fingerprint density at radius 1 is 0.767 bits per heavy atom. The Kier molecular flexibility index (Phi) is 6.96. The van der Waals surface area contributed by atoms with E-state index >= 15 is 0 Å². The molecule has 0 amide bonds. The minimum atomic E-state index is -0.143. The lowest BCUT2D eigenvalue weighted by molar-refractivity contribution is -0.401. The Labute approximate surface area is 256 Å². The minimum Gasteiger partial charge on any atom is -0.347 e. The predicted molar refractivity (Wildman–Crippen MR) is 182 cm³/mol. The highest BCUT2D eigenvalue weighted by molar-refractivity contribution is 6.07. The molecule has 0 atom stereocenters. The van der Waals surface area contributed by atoms with Gasteiger partial charge in [-0.25, -0.2) is 0 Å². The molecule has 4 aromatic carbocycles. The quantitative estimate of drug-likeness (QED) is 0.139. The van der Waals surface area contributed by atoms with Crippen LogP contribution in [0, 0.1) is 24.2 Å². The maximum atomic E-state index is 5.48. The van der Waals surface area contributed by atoms with E-state index in [-0.39, 0.29) is 10.8 Å². The van der Waals surface area contributed by atoms with Crippen LogP contribution in [0.15, 0.2) is 115 Å². The third-order valence-electron chi connectivity index (χ3n) is 9.06. The van der Waals surface area contributed by atoms with Crippen LogP contribution in [0.2, 0.25) is 0 Å². The molecule has 0 bridgehead atoms. The van der Waals surface area contributed by atoms with Crippen molar-refractivity contribution >= 4 is 27.9 Å². The van der Waals surface area contributed by atoms with Crippen molar-refractivity contribution in [1.29, 1.82) is 0 Å². The van der Waals surface area contributed by atoms with Gasteiger partial charge >= 0.3 is 0 Å². The van der Waals surface area contributed by atoms with Crippen molar-refractivity contribution in [3.8, 4) is 24.2 Å². The van der Waals surface area contributed by atoms with Gasteiger partial charge in [-0.2, -0.15) is 4.58 Å². The Morgan fingerprint density at radius 2 is 1.47 bits per heavy atom. The third-order valence-corrected chi connectivity index (χ3v) is 9.06. The summed E-state index contributed by atoms with van der Waals surface area (Å²) in [6, 6.07) is 27.5. The molecule has 0 unspecified atom stereocenters. The van der Waals surface area contributed by atoms with Crippen LogP contribution >= 0.6 is 0 Å². The first kappa shape index (κ1) is 28.1. The number of fused-ring (bicyclic) bond motifs is 4. The molecule has 0 aromatic heterocycles. The Balaban J connectivity index is 1.22. The van der Waals surface area contributed by atoms with Gasteiger partial charge in [-0.05, 0) is 84.8 Å². The van der Waals surface area contributed by atoms with Crippen LogP contribution < -0.4 is 4.90 Å². The SMILES string of the molecule is C#Cc1ccc(C#Cc2ccc3c(c2)C(C)(C)/C(=C/C=C/C=C/C2=[N+](C)c4ccc5ccccc5c4C2(C)C)N3C)cc1. The molecule has 0 saturated carbocycles. The molecule has 210 valence electrons. The van der Waals surface area contributed by atoms with Gasteiger partial charge in [0.05, 0.1) is 5.41 Å². The third kappa shape index (κ3) is 4.80. The van der Waals surface area contributed by atoms with Gasteiger partial charge in [0.2, 0.25) is 5.69 Å². The number of nitrogens with zero attached hydrogens (tertiary/aromatic N) is 2. The first-order chi connectivity index (χ1) is 20.6. The van der Waals surface area contributed by atoms with Crippen LogP contribution in [0.1, 0.15) is 55.5 Å². The average molecular weight is 558 g/mol. The van der Waals surface area contributed by atoms with E-state index in [1.807, 2.05) is 24.3 Å². The molecule has 4 aromatic rings. The molecule has 43 heavy (non-hydrogen) atoms. The van der Waals surface area contributed by atoms with Gasteiger partial charge in [0.25, 0.3) is 0 Å². The molecule has 2 nitrogen and oxygen atoms in total. The van der Waals surface area contributed by atoms with Crippen LogP contribution in [-0.4, -0.2) is 24.4 Å². The molecule has 0 radical (unpaired) electrons. The monoisotopic (exact) mass is 557 g/mol. The van der Waals surface area contributed by atoms with Crippen LogP contribution in [-0.2, 0) is 10.8 Å². The largest absolute Gasteiger partial charge is 0.347 e. The second-order valence-corrected chi connectivity index (χ2v) is 12.4. The molecule has 0 fully saturated rings. The van der Waals surface area contributed by atoms with E-state index in [0.717, 1.165) is 16.7 Å². The summed E-state index contributed by atoms with van der Waals surface area (Å²) in [5.74, 6) is 9.27. The summed E-state index contributed by atoms with van der Waals surface area (Å²) in [4.78, 5) is 2.30. The van der Waals surface area contributed by atoms with Crippen LogP contribution in [0.5, 0.6) is 0 Å². The average Bonchev–Trinajstić information content (AvgIpc) is 3.33. The van der Waals surface area contributed by atoms with Crippen LogP contribution in [0.25, 0.3) is 10.8 Å². The van der Waals surface area contributed by atoms with Crippen molar-refractivity contribution in [2.45, 2.75) is 38.5 Å². The maximum Gasteiger partial charge on any atom is 0.210 e. The standard InChI is InChI=1S/C41H37N2/c1-8-29-18-20-30(21-19-29)22-23-31-24-26-35-34(28-31)40(2,3)37(42(35)6)16-10-9-11-17-38-41(4,5)39-33-15-13-12-14-32(33)25-27-36(39)43(38)7/h1,9-21,24-28H,2-7H3/q+1. The Hall–Kier alpha value is -5.05. The molecule has 2 aliphatic heterocycles. The van der Waals surface area contributed by atoms with Crippen molar-refractivity contribution in [2.24, 2.45) is 0 Å². The van der Waals surface area contributed by atoms with Gasteiger partial charge in [-0.1, -0.05) is 74.1 Å². The molecule has 0 saturated heterocycles. The van der Waals surface area contributed by atoms with Gasteiger partial charge in [0.15, 0.2) is 5.71 Å². The number of benzene rings is 4. The molecule has 2 aliphatic rings. The highest BCUT2D eigenvalue weighted by Crippen LogP contribution is 2.47. The number of hydrogen-bond donors (Lipinski definition) is 0. The zero-order chi connectivity index (χ0) is 30.4. The van der Waals surface area contributed by atoms with E-state index in [1.54, 1.807) is 0 Å². The van der Waals surface area contributed by atoms with Gasteiger partial charge in [-0.3, -0.25) is 0 Å². The first-order valence-electron chi connectivity index (χ1n) is 14.8. The van der Waals surface area contributed by atoms with Crippen molar-refractivity contribution in [3.63, 3.8) is 0 Å². The second kappa shape index (κ2) is 10.7. The van der Waals surface area contributed by atoms with E-state index < -0.39 is 0 Å². The normalized spacial score (nSPS) is 17.4. The minimum absolute atomic E-state index is 0.0885. The van der Waals surface area contributed by atoms with Crippen LogP contribution in [0.3, 0.4) is 0 Å². The highest BCUT2D eigenvalue weighted by Gasteiger charge is 2.44. The molecule has 0 spiro atoms. The Bertz CT molecular complexity index is 1990. The maximum absolute atomic E-state index is 5.48. The summed E-state index contributed by atoms with van der Waals surface area (Å²) >= 11 is 0. The summed E-state index contributed by atoms with van der Waals surface area (Å²) in [7, 11) is 4.32. The van der Waals surface area contributed by atoms with E-state index in [4.69, 9.17) is 6.42 Å². The fraction of sp³-hybridized carbons (Fsp3) is 0.195. The predicted octanol–water partition coefficient (Wildman–Crippen LogP) is 8.65. The summed E-state index contributed by atoms with van der Waals surface area (Å²) in [5, 5.41) is 2.62. The smallest absolute Gasteiger partial charge is 0.210 e. The first-order valence-corrected chi connectivity index (χ1v) is 14.8. The molecule has 2 heterocycles. The highest BCUT2D eigenvalue weighted by atomic mass is 15.2. The van der Waals surface area contributed by atoms with E-state index in [1.165, 1.54) is 44.7 Å². The van der Waals surface area contributed by atoms with Crippen molar-refractivity contribution in [3.05, 3.63) is 143 Å². The van der Waals surface area contributed by atoms with Gasteiger partial charge in [0, 0.05) is 58.2 Å². The van der Waals surface area contributed by atoms with E-state index in [0.29, 0.717) is 0 Å². The van der Waals surface area contributed by atoms with Gasteiger partial charge < -0.3 is 4.90 Å². The zero-order valence-corrected chi connectivity index (χ0v) is 25.9. The summed E-state index contributed by atoms with van der Waals surface area (Å²) in [6.45, 7) is 9.23. The van der Waals surface area contributed by atoms with Crippen molar-refractivity contribution in [1.82, 2.24) is 0 Å². The van der Waals surface area contributed by atoms with Gasteiger partial charge in [-0.15, -0.1) is 6.42 Å². The fourth-order valence-corrected chi connectivity index (χ4v) is 6.76. The van der Waals surface area contributed by atoms with Crippen molar-refractivity contribution < 1.29 is 4.58 Å². The lowest BCUT2D eigenvalue weighted by Gasteiger charge is -2.23. The Morgan fingerprint density at radius 3 is 2.23 bits per heavy atom. The lowest BCUT2D eigenvalue weighted by Crippen LogP contribution is -2.26. The molecule has 0 N–H and O–H groups in total. The lowest BCUT2D eigenvalue weighted by atomic mass is 9.79. The fourth-order valence-electron chi connectivity index (χ4n) is 6.76. The number of likely N-dealkylation sites (N-methyl/N-ethyl adjacent to an activating group) is 1. The molecular formula is C41H37N2+. The zero-order valence-electron chi connectivity index (χ0n) is 25.9.